The van der Waals surface area contributed by atoms with E-state index in [1.54, 1.807) is 14.2 Å². The third kappa shape index (κ3) is 6.76. The van der Waals surface area contributed by atoms with Crippen LogP contribution in [0.15, 0.2) is 48.5 Å². The molecular formula is C18H23BO6. The van der Waals surface area contributed by atoms with Crippen molar-refractivity contribution in [3.05, 3.63) is 59.7 Å². The van der Waals surface area contributed by atoms with Crippen molar-refractivity contribution in [2.24, 2.45) is 0 Å². The van der Waals surface area contributed by atoms with Crippen LogP contribution in [0, 0.1) is 0 Å². The van der Waals surface area contributed by atoms with Gasteiger partial charge in [0.15, 0.2) is 0 Å². The van der Waals surface area contributed by atoms with Crippen LogP contribution in [-0.2, 0) is 32.2 Å². The van der Waals surface area contributed by atoms with E-state index >= 15 is 0 Å². The van der Waals surface area contributed by atoms with Gasteiger partial charge in [0, 0.05) is 25.3 Å². The second-order valence-corrected chi connectivity index (χ2v) is 5.13. The molecule has 0 spiro atoms. The summed E-state index contributed by atoms with van der Waals surface area (Å²) in [4.78, 5) is 0. The Bertz CT molecular complexity index is 569. The summed E-state index contributed by atoms with van der Waals surface area (Å²) in [6.45, 7) is 1.29. The highest BCUT2D eigenvalue weighted by Gasteiger charge is 2.08. The minimum Gasteiger partial charge on any atom is -0.528 e. The topological polar surface area (TPSA) is 55.4 Å². The zero-order chi connectivity index (χ0) is 17.7. The predicted octanol–water partition coefficient (Wildman–Crippen LogP) is 2.65. The normalized spacial score (nSPS) is 10.5. The van der Waals surface area contributed by atoms with Crippen LogP contribution in [0.2, 0.25) is 0 Å². The van der Waals surface area contributed by atoms with E-state index in [0.29, 0.717) is 24.7 Å². The zero-order valence-electron chi connectivity index (χ0n) is 14.6. The monoisotopic (exact) mass is 346 g/mol. The van der Waals surface area contributed by atoms with Crippen molar-refractivity contribution in [1.82, 2.24) is 0 Å². The van der Waals surface area contributed by atoms with Crippen LogP contribution >= 0.6 is 0 Å². The minimum atomic E-state index is 0.0859. The van der Waals surface area contributed by atoms with Crippen molar-refractivity contribution in [1.29, 1.82) is 0 Å². The second-order valence-electron chi connectivity index (χ2n) is 5.13. The molecule has 0 fully saturated rings. The highest BCUT2D eigenvalue weighted by molar-refractivity contribution is 6.20. The Morgan fingerprint density at radius 3 is 1.56 bits per heavy atom. The minimum absolute atomic E-state index is 0.0859. The van der Waals surface area contributed by atoms with Crippen molar-refractivity contribution in [3.8, 4) is 11.5 Å². The Labute approximate surface area is 148 Å². The molecule has 2 aromatic rings. The van der Waals surface area contributed by atoms with Crippen LogP contribution in [0.3, 0.4) is 0 Å². The first kappa shape index (κ1) is 19.3. The lowest BCUT2D eigenvalue weighted by molar-refractivity contribution is -0.0393. The molecule has 0 aliphatic heterocycles. The standard InChI is InChI=1S/C18H23BO6/c1-20-13-22-11-15-7-3-5-9-17(15)24-19-25-18-10-6-4-8-16(18)12-23-14-21-2/h3-10,19H,11-14H2,1-2H3. The molecule has 0 aromatic heterocycles. The van der Waals surface area contributed by atoms with Gasteiger partial charge in [0.2, 0.25) is 0 Å². The molecule has 0 saturated carbocycles. The lowest BCUT2D eigenvalue weighted by atomic mass is 10.2. The van der Waals surface area contributed by atoms with E-state index in [0.717, 1.165) is 11.1 Å². The summed E-state index contributed by atoms with van der Waals surface area (Å²) in [6.07, 6.45) is 0. The molecule has 6 nitrogen and oxygen atoms in total. The van der Waals surface area contributed by atoms with E-state index < -0.39 is 0 Å². The molecule has 134 valence electrons. The first-order valence-corrected chi connectivity index (χ1v) is 7.90. The number of hydrogen-bond acceptors (Lipinski definition) is 6. The van der Waals surface area contributed by atoms with Crippen molar-refractivity contribution in [2.45, 2.75) is 13.2 Å². The van der Waals surface area contributed by atoms with Crippen molar-refractivity contribution < 1.29 is 28.3 Å². The van der Waals surface area contributed by atoms with Crippen LogP contribution < -0.4 is 9.31 Å². The molecule has 0 saturated heterocycles. The summed E-state index contributed by atoms with van der Waals surface area (Å²) >= 11 is 0. The van der Waals surface area contributed by atoms with Gasteiger partial charge in [0.1, 0.15) is 25.1 Å². The molecule has 0 radical (unpaired) electrons. The average Bonchev–Trinajstić information content (AvgIpc) is 2.64. The molecule has 0 amide bonds. The fraction of sp³-hybridized carbons (Fsp3) is 0.333. The summed E-state index contributed by atoms with van der Waals surface area (Å²) in [6, 6.07) is 15.3. The van der Waals surface area contributed by atoms with Gasteiger partial charge in [-0.2, -0.15) is 0 Å². The number of benzene rings is 2. The molecule has 0 aliphatic carbocycles. The molecule has 25 heavy (non-hydrogen) atoms. The second kappa shape index (κ2) is 11.5. The fourth-order valence-corrected chi connectivity index (χ4v) is 2.15. The molecule has 0 bridgehead atoms. The van der Waals surface area contributed by atoms with Gasteiger partial charge in [0.05, 0.1) is 13.2 Å². The Balaban J connectivity index is 1.88. The molecule has 7 heteroatoms. The van der Waals surface area contributed by atoms with E-state index in [1.165, 1.54) is 0 Å². The summed E-state index contributed by atoms with van der Waals surface area (Å²) < 4.78 is 32.0. The lowest BCUT2D eigenvalue weighted by Crippen LogP contribution is -2.13. The van der Waals surface area contributed by atoms with E-state index in [2.05, 4.69) is 0 Å². The number of para-hydroxylation sites is 2. The number of ether oxygens (including phenoxy) is 4. The molecule has 0 unspecified atom stereocenters. The first-order chi connectivity index (χ1) is 12.3. The highest BCUT2D eigenvalue weighted by atomic mass is 16.7. The average molecular weight is 346 g/mol. The smallest absolute Gasteiger partial charge is 0.528 e. The summed E-state index contributed by atoms with van der Waals surface area (Å²) in [7, 11) is 3.26. The Morgan fingerprint density at radius 1 is 0.680 bits per heavy atom. The fourth-order valence-electron chi connectivity index (χ4n) is 2.15. The number of rotatable bonds is 12. The van der Waals surface area contributed by atoms with Gasteiger partial charge >= 0.3 is 7.69 Å². The zero-order valence-corrected chi connectivity index (χ0v) is 14.6. The summed E-state index contributed by atoms with van der Waals surface area (Å²) in [5, 5.41) is 0. The maximum Gasteiger partial charge on any atom is 0.576 e. The van der Waals surface area contributed by atoms with Crippen LogP contribution in [0.5, 0.6) is 11.5 Å². The summed E-state index contributed by atoms with van der Waals surface area (Å²) in [5.41, 5.74) is 1.86. The quantitative estimate of drug-likeness (QED) is 0.335. The Kier molecular flexibility index (Phi) is 8.86. The van der Waals surface area contributed by atoms with Gasteiger partial charge < -0.3 is 28.3 Å². The molecule has 2 aromatic carbocycles. The summed E-state index contributed by atoms with van der Waals surface area (Å²) in [5.74, 6) is 1.43. The van der Waals surface area contributed by atoms with E-state index in [1.807, 2.05) is 48.5 Å². The Morgan fingerprint density at radius 2 is 1.12 bits per heavy atom. The number of methoxy groups -OCH3 is 2. The molecule has 0 aliphatic rings. The molecule has 0 atom stereocenters. The van der Waals surface area contributed by atoms with E-state index in [-0.39, 0.29) is 21.3 Å². The van der Waals surface area contributed by atoms with Crippen molar-refractivity contribution in [3.63, 3.8) is 0 Å². The lowest BCUT2D eigenvalue weighted by Gasteiger charge is -2.14. The Hall–Kier alpha value is -2.06. The first-order valence-electron chi connectivity index (χ1n) is 7.90. The third-order valence-electron chi connectivity index (χ3n) is 3.29. The van der Waals surface area contributed by atoms with Crippen LogP contribution in [0.4, 0.5) is 0 Å². The predicted molar refractivity (Wildman–Crippen MR) is 94.6 cm³/mol. The van der Waals surface area contributed by atoms with E-state index in [9.17, 15) is 0 Å². The van der Waals surface area contributed by atoms with Gasteiger partial charge in [-0.25, -0.2) is 0 Å². The van der Waals surface area contributed by atoms with Gasteiger partial charge in [0.25, 0.3) is 0 Å². The van der Waals surface area contributed by atoms with Gasteiger partial charge in [-0.1, -0.05) is 36.4 Å². The maximum atomic E-state index is 5.74. The molecule has 0 N–H and O–H groups in total. The SMILES string of the molecule is COCOCc1ccccc1OBOc1ccccc1COCOC. The molecular weight excluding hydrogens is 323 g/mol. The largest absolute Gasteiger partial charge is 0.576 e. The van der Waals surface area contributed by atoms with Gasteiger partial charge in [-0.15, -0.1) is 0 Å². The third-order valence-corrected chi connectivity index (χ3v) is 3.29. The van der Waals surface area contributed by atoms with Crippen LogP contribution in [0.25, 0.3) is 0 Å². The van der Waals surface area contributed by atoms with Gasteiger partial charge in [-0.3, -0.25) is 0 Å². The molecule has 0 heterocycles. The molecule has 2 rings (SSSR count). The van der Waals surface area contributed by atoms with Gasteiger partial charge in [-0.05, 0) is 12.1 Å². The maximum absolute atomic E-state index is 5.74. The van der Waals surface area contributed by atoms with Crippen LogP contribution in [0.1, 0.15) is 11.1 Å². The highest BCUT2D eigenvalue weighted by Crippen LogP contribution is 2.21. The van der Waals surface area contributed by atoms with Crippen molar-refractivity contribution >= 4 is 7.69 Å². The van der Waals surface area contributed by atoms with Crippen molar-refractivity contribution in [2.75, 3.05) is 27.8 Å². The van der Waals surface area contributed by atoms with Crippen LogP contribution in [-0.4, -0.2) is 35.5 Å². The number of hydrogen-bond donors (Lipinski definition) is 0. The van der Waals surface area contributed by atoms with E-state index in [4.69, 9.17) is 28.3 Å².